The van der Waals surface area contributed by atoms with Crippen molar-refractivity contribution in [1.29, 1.82) is 0 Å². The summed E-state index contributed by atoms with van der Waals surface area (Å²) in [6.45, 7) is 4.17. The molecule has 2 heterocycles. The first kappa shape index (κ1) is 45.2. The zero-order valence-electron chi connectivity index (χ0n) is 37.4. The van der Waals surface area contributed by atoms with Crippen LogP contribution in [0.3, 0.4) is 0 Å². The quantitative estimate of drug-likeness (QED) is 0.0761. The molecule has 2 fully saturated rings. The molecule has 6 atom stereocenters. The number of benzene rings is 4. The van der Waals surface area contributed by atoms with Gasteiger partial charge in [-0.2, -0.15) is 5.48 Å². The molecular formula is C51H58N8O6. The van der Waals surface area contributed by atoms with E-state index in [4.69, 9.17) is 4.84 Å². The van der Waals surface area contributed by atoms with Crippen molar-refractivity contribution >= 4 is 29.5 Å². The van der Waals surface area contributed by atoms with Gasteiger partial charge in [0, 0.05) is 25.9 Å². The number of nitrogens with zero attached hydrogens (tertiary/aromatic N) is 2. The summed E-state index contributed by atoms with van der Waals surface area (Å²) in [7, 11) is 3.32. The average molecular weight is 879 g/mol. The molecule has 4 aromatic rings. The molecule has 14 heteroatoms. The summed E-state index contributed by atoms with van der Waals surface area (Å²) in [4.78, 5) is 79.0. The number of hydrogen-bond donors (Lipinski definition) is 6. The van der Waals surface area contributed by atoms with E-state index in [9.17, 15) is 24.0 Å². The minimum atomic E-state index is -1.08. The van der Waals surface area contributed by atoms with Gasteiger partial charge in [-0.25, -0.2) is 0 Å². The molecule has 6 N–H and O–H groups in total. The molecule has 4 aliphatic rings. The maximum Gasteiger partial charge on any atom is 0.248 e. The van der Waals surface area contributed by atoms with Crippen molar-refractivity contribution in [2.24, 2.45) is 0 Å². The molecule has 0 spiro atoms. The van der Waals surface area contributed by atoms with E-state index in [-0.39, 0.29) is 42.6 Å². The Hall–Kier alpha value is -6.37. The lowest BCUT2D eigenvalue weighted by Crippen LogP contribution is -2.55. The third kappa shape index (κ3) is 9.42. The second-order valence-electron chi connectivity index (χ2n) is 17.2. The largest absolute Gasteiger partial charge is 0.343 e. The summed E-state index contributed by atoms with van der Waals surface area (Å²) < 4.78 is 0. The second-order valence-corrected chi connectivity index (χ2v) is 17.2. The highest BCUT2D eigenvalue weighted by Gasteiger charge is 2.41. The number of nitrogens with one attached hydrogen (secondary N) is 6. The number of likely N-dealkylation sites (tertiary alicyclic amines) is 2. The number of carbonyl (C=O) groups excluding carboxylic acids is 5. The van der Waals surface area contributed by atoms with Gasteiger partial charge in [-0.05, 0) is 98.1 Å². The molecule has 0 saturated carbocycles. The summed E-state index contributed by atoms with van der Waals surface area (Å²) in [5, 5.41) is 14.8. The molecule has 14 nitrogen and oxygen atoms in total. The highest BCUT2D eigenvalue weighted by Crippen LogP contribution is 2.44. The Kier molecular flexibility index (Phi) is 14.1. The van der Waals surface area contributed by atoms with Crippen molar-refractivity contribution in [2.75, 3.05) is 27.2 Å². The molecule has 2 saturated heterocycles. The van der Waals surface area contributed by atoms with Gasteiger partial charge in [-0.1, -0.05) is 97.1 Å². The zero-order valence-corrected chi connectivity index (χ0v) is 37.4. The van der Waals surface area contributed by atoms with Crippen LogP contribution in [0.25, 0.3) is 22.3 Å². The van der Waals surface area contributed by atoms with E-state index in [0.29, 0.717) is 38.8 Å². The van der Waals surface area contributed by atoms with Gasteiger partial charge < -0.3 is 36.4 Å². The van der Waals surface area contributed by atoms with Gasteiger partial charge >= 0.3 is 0 Å². The van der Waals surface area contributed by atoms with Gasteiger partial charge in [0.1, 0.15) is 18.1 Å². The Labute approximate surface area is 380 Å². The predicted molar refractivity (Wildman–Crippen MR) is 247 cm³/mol. The highest BCUT2D eigenvalue weighted by atomic mass is 16.7. The van der Waals surface area contributed by atoms with Gasteiger partial charge in [0.15, 0.2) is 6.23 Å². The van der Waals surface area contributed by atoms with Crippen LogP contribution in [0.1, 0.15) is 86.7 Å². The first-order valence-electron chi connectivity index (χ1n) is 22.7. The van der Waals surface area contributed by atoms with Crippen LogP contribution in [-0.2, 0) is 28.8 Å². The van der Waals surface area contributed by atoms with E-state index in [1.807, 2.05) is 72.8 Å². The summed E-state index contributed by atoms with van der Waals surface area (Å²) >= 11 is 0. The third-order valence-corrected chi connectivity index (χ3v) is 13.2. The standard InChI is InChI=1S/C51H58N8O6/c1-31(52-3)47(60)54-41(50(63)58-29-15-27-43(58)49(62)56-45-37-21-9-5-17-33(37)34-18-6-10-22-38(34)45)25-13-14-26-42(55-48(61)32(2)53-4)51(64)59-30-16-28-44(59)65-57-46-39-23-11-7-19-35(39)36-20-8-12-24-40(36)46/h5-12,17-24,31-32,41-46,52-53,57H,15-16,25-30H2,1-4H3,(H,54,60)(H,55,61)(H,56,62)/t31-,32-,41-,42-,43-,44?/m0/s1. The molecular weight excluding hydrogens is 821 g/mol. The minimum Gasteiger partial charge on any atom is -0.343 e. The zero-order chi connectivity index (χ0) is 45.6. The van der Waals surface area contributed by atoms with E-state index in [1.165, 1.54) is 0 Å². The lowest BCUT2D eigenvalue weighted by atomic mass is 10.0. The molecule has 2 aliphatic heterocycles. The normalized spacial score (nSPS) is 19.1. The van der Waals surface area contributed by atoms with Crippen LogP contribution < -0.4 is 32.1 Å². The number of carbonyl (C=O) groups is 5. The Morgan fingerprint density at radius 1 is 0.600 bits per heavy atom. The van der Waals surface area contributed by atoms with E-state index in [2.05, 4.69) is 68.2 Å². The predicted octanol–water partition coefficient (Wildman–Crippen LogP) is 4.07. The Morgan fingerprint density at radius 2 is 1.02 bits per heavy atom. The summed E-state index contributed by atoms with van der Waals surface area (Å²) in [6, 6.07) is 27.7. The van der Waals surface area contributed by atoms with E-state index in [1.54, 1.807) is 37.7 Å². The number of hydroxylamine groups is 1. The third-order valence-electron chi connectivity index (χ3n) is 13.2. The van der Waals surface area contributed by atoms with Crippen molar-refractivity contribution in [3.63, 3.8) is 0 Å². The van der Waals surface area contributed by atoms with Crippen molar-refractivity contribution in [3.05, 3.63) is 119 Å². The van der Waals surface area contributed by atoms with Crippen molar-refractivity contribution in [1.82, 2.24) is 41.9 Å². The number of likely N-dealkylation sites (N-methyl/N-ethyl adjacent to an activating group) is 2. The van der Waals surface area contributed by atoms with E-state index in [0.717, 1.165) is 44.5 Å². The van der Waals surface area contributed by atoms with Crippen molar-refractivity contribution in [2.45, 2.75) is 101 Å². The molecule has 0 bridgehead atoms. The number of fused-ring (bicyclic) bond motifs is 6. The van der Waals surface area contributed by atoms with E-state index < -0.39 is 48.3 Å². The molecule has 338 valence electrons. The molecule has 0 aromatic heterocycles. The SMILES string of the molecule is CN[C@@H](C)C(=O)N[C@@H](CC#CC[C@H](NC(=O)[C@H](C)NC)C(=O)N1CCC[C@H]1C(=O)NC1c2ccccc2-c2ccccc21)C(=O)N1CCCC1ONC1c2ccccc2-c2ccccc21. The molecule has 2 aliphatic carbocycles. The first-order valence-corrected chi connectivity index (χ1v) is 22.7. The second kappa shape index (κ2) is 20.2. The molecule has 4 aromatic carbocycles. The van der Waals surface area contributed by atoms with Gasteiger partial charge in [0.25, 0.3) is 0 Å². The van der Waals surface area contributed by atoms with Crippen molar-refractivity contribution in [3.8, 4) is 34.1 Å². The van der Waals surface area contributed by atoms with Crippen LogP contribution in [0.15, 0.2) is 97.1 Å². The fraction of sp³-hybridized carbons (Fsp3) is 0.392. The Bertz CT molecular complexity index is 2410. The summed E-state index contributed by atoms with van der Waals surface area (Å²) in [6.07, 6.45) is 1.67. The monoisotopic (exact) mass is 878 g/mol. The minimum absolute atomic E-state index is 0.0537. The first-order chi connectivity index (χ1) is 31.6. The van der Waals surface area contributed by atoms with Gasteiger partial charge in [0.05, 0.1) is 24.2 Å². The van der Waals surface area contributed by atoms with E-state index >= 15 is 0 Å². The maximum absolute atomic E-state index is 14.4. The average Bonchev–Trinajstić information content (AvgIpc) is 4.15. The van der Waals surface area contributed by atoms with Gasteiger partial charge in [-0.15, -0.1) is 11.8 Å². The number of amides is 5. The van der Waals surface area contributed by atoms with Crippen LogP contribution in [0.4, 0.5) is 0 Å². The lowest BCUT2D eigenvalue weighted by molar-refractivity contribution is -0.154. The lowest BCUT2D eigenvalue weighted by Gasteiger charge is -2.30. The fourth-order valence-electron chi connectivity index (χ4n) is 9.40. The molecule has 1 unspecified atom stereocenters. The van der Waals surface area contributed by atoms with Crippen molar-refractivity contribution < 1.29 is 28.8 Å². The van der Waals surface area contributed by atoms with Crippen LogP contribution in [-0.4, -0.2) is 103 Å². The molecule has 5 amide bonds. The maximum atomic E-state index is 14.4. The van der Waals surface area contributed by atoms with Crippen LogP contribution >= 0.6 is 0 Å². The smallest absolute Gasteiger partial charge is 0.248 e. The number of hydrogen-bond acceptors (Lipinski definition) is 9. The highest BCUT2D eigenvalue weighted by molar-refractivity contribution is 5.94. The van der Waals surface area contributed by atoms with Gasteiger partial charge in [-0.3, -0.25) is 28.8 Å². The van der Waals surface area contributed by atoms with Crippen LogP contribution in [0.2, 0.25) is 0 Å². The molecule has 0 radical (unpaired) electrons. The van der Waals surface area contributed by atoms with Crippen LogP contribution in [0, 0.1) is 11.8 Å². The summed E-state index contributed by atoms with van der Waals surface area (Å²) in [5.41, 5.74) is 11.8. The van der Waals surface area contributed by atoms with Gasteiger partial charge in [0.2, 0.25) is 29.5 Å². The number of rotatable bonds is 15. The summed E-state index contributed by atoms with van der Waals surface area (Å²) in [5.74, 6) is 4.31. The molecule has 65 heavy (non-hydrogen) atoms. The Morgan fingerprint density at radius 3 is 1.49 bits per heavy atom. The topological polar surface area (TPSA) is 173 Å². The molecule has 8 rings (SSSR count). The Balaban J connectivity index is 0.963. The fourth-order valence-corrected chi connectivity index (χ4v) is 9.40. The van der Waals surface area contributed by atoms with Crippen LogP contribution in [0.5, 0.6) is 0 Å².